The summed E-state index contributed by atoms with van der Waals surface area (Å²) in [6, 6.07) is 0.704. The Morgan fingerprint density at radius 3 is 2.50 bits per heavy atom. The lowest BCUT2D eigenvalue weighted by atomic mass is 9.64. The number of nitrogens with zero attached hydrogens (tertiary/aromatic N) is 1. The van der Waals surface area contributed by atoms with Gasteiger partial charge in [-0.05, 0) is 50.4 Å². The van der Waals surface area contributed by atoms with Crippen LogP contribution in [0.3, 0.4) is 0 Å². The minimum absolute atomic E-state index is 0.232. The van der Waals surface area contributed by atoms with Gasteiger partial charge in [-0.3, -0.25) is 4.79 Å². The number of hydrogen-bond acceptors (Lipinski definition) is 3. The minimum atomic E-state index is 0.232. The Morgan fingerprint density at radius 1 is 1.00 bits per heavy atom. The van der Waals surface area contributed by atoms with Gasteiger partial charge in [0.2, 0.25) is 5.91 Å². The third-order valence-corrected chi connectivity index (χ3v) is 6.78. The molecule has 22 heavy (non-hydrogen) atoms. The van der Waals surface area contributed by atoms with Gasteiger partial charge in [-0.15, -0.1) is 0 Å². The maximum atomic E-state index is 13.2. The van der Waals surface area contributed by atoms with Crippen molar-refractivity contribution in [3.05, 3.63) is 0 Å². The first-order valence-corrected chi connectivity index (χ1v) is 9.41. The summed E-state index contributed by atoms with van der Waals surface area (Å²) in [5, 5.41) is 0. The summed E-state index contributed by atoms with van der Waals surface area (Å²) in [7, 11) is 0. The number of ether oxygens (including phenoxy) is 1. The van der Waals surface area contributed by atoms with E-state index in [1.54, 1.807) is 0 Å². The SMILES string of the molecule is NC1C2CCCC1CC(C(=O)N1CCOC3CCCCC31)C2. The third-order valence-electron chi connectivity index (χ3n) is 6.78. The summed E-state index contributed by atoms with van der Waals surface area (Å²) in [6.45, 7) is 1.53. The lowest BCUT2D eigenvalue weighted by Gasteiger charge is -2.48. The Labute approximate surface area is 133 Å². The number of carbonyl (C=O) groups is 1. The van der Waals surface area contributed by atoms with E-state index in [-0.39, 0.29) is 5.92 Å². The van der Waals surface area contributed by atoms with Crippen molar-refractivity contribution >= 4 is 5.91 Å². The smallest absolute Gasteiger partial charge is 0.226 e. The fraction of sp³-hybridized carbons (Fsp3) is 0.944. The van der Waals surface area contributed by atoms with Crippen molar-refractivity contribution in [3.8, 4) is 0 Å². The van der Waals surface area contributed by atoms with Crippen LogP contribution in [0.5, 0.6) is 0 Å². The van der Waals surface area contributed by atoms with Crippen LogP contribution in [-0.4, -0.2) is 42.1 Å². The number of rotatable bonds is 1. The molecule has 1 heterocycles. The highest BCUT2D eigenvalue weighted by atomic mass is 16.5. The molecule has 2 N–H and O–H groups in total. The Morgan fingerprint density at radius 2 is 1.73 bits per heavy atom. The van der Waals surface area contributed by atoms with Crippen molar-refractivity contribution in [2.24, 2.45) is 23.5 Å². The number of hydrogen-bond donors (Lipinski definition) is 1. The van der Waals surface area contributed by atoms with E-state index < -0.39 is 0 Å². The topological polar surface area (TPSA) is 55.6 Å². The van der Waals surface area contributed by atoms with Crippen LogP contribution >= 0.6 is 0 Å². The molecule has 3 aliphatic carbocycles. The van der Waals surface area contributed by atoms with E-state index in [0.717, 1.165) is 38.8 Å². The van der Waals surface area contributed by atoms with Crippen molar-refractivity contribution < 1.29 is 9.53 Å². The van der Waals surface area contributed by atoms with Gasteiger partial charge < -0.3 is 15.4 Å². The number of carbonyl (C=O) groups excluding carboxylic acids is 1. The molecule has 1 amide bonds. The third kappa shape index (κ3) is 2.58. The van der Waals surface area contributed by atoms with Crippen LogP contribution in [0.4, 0.5) is 0 Å². The second-order valence-electron chi connectivity index (χ2n) is 7.99. The first kappa shape index (κ1) is 14.9. The van der Waals surface area contributed by atoms with E-state index in [1.807, 2.05) is 0 Å². The monoisotopic (exact) mass is 306 g/mol. The average Bonchev–Trinajstić information content (AvgIpc) is 2.53. The van der Waals surface area contributed by atoms with Gasteiger partial charge in [0.1, 0.15) is 0 Å². The minimum Gasteiger partial charge on any atom is -0.374 e. The van der Waals surface area contributed by atoms with Crippen molar-refractivity contribution in [1.82, 2.24) is 4.90 Å². The molecule has 3 saturated carbocycles. The predicted octanol–water partition coefficient (Wildman–Crippen LogP) is 2.31. The van der Waals surface area contributed by atoms with Gasteiger partial charge in [-0.1, -0.05) is 19.3 Å². The molecular formula is C18H30N2O2. The molecular weight excluding hydrogens is 276 g/mol. The molecule has 4 unspecified atom stereocenters. The maximum absolute atomic E-state index is 13.2. The van der Waals surface area contributed by atoms with Crippen molar-refractivity contribution in [2.75, 3.05) is 13.2 Å². The van der Waals surface area contributed by atoms with Crippen LogP contribution in [-0.2, 0) is 9.53 Å². The highest BCUT2D eigenvalue weighted by Gasteiger charge is 2.44. The van der Waals surface area contributed by atoms with Gasteiger partial charge in [0, 0.05) is 18.5 Å². The number of nitrogens with two attached hydrogens (primary N) is 1. The maximum Gasteiger partial charge on any atom is 0.226 e. The molecule has 0 aromatic heterocycles. The lowest BCUT2D eigenvalue weighted by molar-refractivity contribution is -0.156. The van der Waals surface area contributed by atoms with Crippen LogP contribution in [0.1, 0.15) is 57.8 Å². The van der Waals surface area contributed by atoms with Crippen LogP contribution in [0.15, 0.2) is 0 Å². The van der Waals surface area contributed by atoms with Crippen molar-refractivity contribution in [3.63, 3.8) is 0 Å². The van der Waals surface area contributed by atoms with E-state index in [0.29, 0.717) is 35.9 Å². The lowest BCUT2D eigenvalue weighted by Crippen LogP contribution is -2.58. The molecule has 4 nitrogen and oxygen atoms in total. The molecule has 4 heteroatoms. The van der Waals surface area contributed by atoms with Crippen LogP contribution in [0.25, 0.3) is 0 Å². The molecule has 0 aromatic carbocycles. The second kappa shape index (κ2) is 6.12. The fourth-order valence-electron chi connectivity index (χ4n) is 5.60. The molecule has 124 valence electrons. The second-order valence-corrected chi connectivity index (χ2v) is 7.99. The molecule has 0 radical (unpaired) electrons. The molecule has 4 fully saturated rings. The van der Waals surface area contributed by atoms with E-state index in [4.69, 9.17) is 10.5 Å². The summed E-state index contributed by atoms with van der Waals surface area (Å²) in [6.07, 6.45) is 10.9. The van der Waals surface area contributed by atoms with Crippen molar-refractivity contribution in [2.45, 2.75) is 76.0 Å². The number of fused-ring (bicyclic) bond motifs is 3. The number of amides is 1. The van der Waals surface area contributed by atoms with Gasteiger partial charge >= 0.3 is 0 Å². The quantitative estimate of drug-likeness (QED) is 0.809. The van der Waals surface area contributed by atoms with E-state index >= 15 is 0 Å². The zero-order chi connectivity index (χ0) is 15.1. The molecule has 4 rings (SSSR count). The van der Waals surface area contributed by atoms with E-state index in [1.165, 1.54) is 32.1 Å². The summed E-state index contributed by atoms with van der Waals surface area (Å²) >= 11 is 0. The zero-order valence-corrected chi connectivity index (χ0v) is 13.6. The van der Waals surface area contributed by atoms with Gasteiger partial charge in [-0.25, -0.2) is 0 Å². The predicted molar refractivity (Wildman–Crippen MR) is 85.2 cm³/mol. The van der Waals surface area contributed by atoms with Crippen LogP contribution in [0, 0.1) is 17.8 Å². The van der Waals surface area contributed by atoms with E-state index in [9.17, 15) is 4.79 Å². The van der Waals surface area contributed by atoms with Gasteiger partial charge in [0.05, 0.1) is 18.8 Å². The first-order valence-electron chi connectivity index (χ1n) is 9.41. The first-order chi connectivity index (χ1) is 10.7. The summed E-state index contributed by atoms with van der Waals surface area (Å²) in [5.74, 6) is 1.83. The molecule has 2 bridgehead atoms. The Kier molecular flexibility index (Phi) is 4.16. The van der Waals surface area contributed by atoms with E-state index in [2.05, 4.69) is 4.90 Å². The fourth-order valence-corrected chi connectivity index (χ4v) is 5.60. The largest absolute Gasteiger partial charge is 0.374 e. The summed E-state index contributed by atoms with van der Waals surface area (Å²) < 4.78 is 5.93. The van der Waals surface area contributed by atoms with Crippen molar-refractivity contribution in [1.29, 1.82) is 0 Å². The standard InChI is InChI=1S/C18H30N2O2/c19-17-12-4-3-5-13(17)11-14(10-12)18(21)20-8-9-22-16-7-2-1-6-15(16)20/h12-17H,1-11,19H2. The molecule has 0 aromatic rings. The highest BCUT2D eigenvalue weighted by molar-refractivity contribution is 5.79. The molecule has 1 aliphatic heterocycles. The Balaban J connectivity index is 1.47. The number of morpholine rings is 1. The molecule has 4 aliphatic rings. The molecule has 0 spiro atoms. The van der Waals surface area contributed by atoms with Crippen LogP contribution in [0.2, 0.25) is 0 Å². The summed E-state index contributed by atoms with van der Waals surface area (Å²) in [4.78, 5) is 15.4. The average molecular weight is 306 g/mol. The zero-order valence-electron chi connectivity index (χ0n) is 13.6. The Hall–Kier alpha value is -0.610. The van der Waals surface area contributed by atoms with Crippen LogP contribution < -0.4 is 5.73 Å². The Bertz CT molecular complexity index is 411. The highest BCUT2D eigenvalue weighted by Crippen LogP contribution is 2.43. The molecule has 1 saturated heterocycles. The van der Waals surface area contributed by atoms with Gasteiger partial charge in [0.25, 0.3) is 0 Å². The van der Waals surface area contributed by atoms with Gasteiger partial charge in [-0.2, -0.15) is 0 Å². The molecule has 4 atom stereocenters. The normalized spacial score (nSPS) is 45.2. The summed E-state index contributed by atoms with van der Waals surface area (Å²) in [5.41, 5.74) is 6.39. The van der Waals surface area contributed by atoms with Gasteiger partial charge in [0.15, 0.2) is 0 Å².